The fourth-order valence-corrected chi connectivity index (χ4v) is 4.61. The molecular weight excluding hydrogens is 460 g/mol. The van der Waals surface area contributed by atoms with Crippen LogP contribution in [-0.2, 0) is 11.2 Å². The summed E-state index contributed by atoms with van der Waals surface area (Å²) in [6.45, 7) is 3.33. The van der Waals surface area contributed by atoms with Crippen molar-refractivity contribution in [3.8, 4) is 23.1 Å². The van der Waals surface area contributed by atoms with Gasteiger partial charge in [-0.25, -0.2) is 14.5 Å². The zero-order chi connectivity index (χ0) is 25.4. The first kappa shape index (κ1) is 23.3. The van der Waals surface area contributed by atoms with E-state index in [0.717, 1.165) is 16.9 Å². The second-order valence-electron chi connectivity index (χ2n) is 8.46. The third kappa shape index (κ3) is 4.02. The minimum absolute atomic E-state index is 0.0777. The number of ketones is 1. The van der Waals surface area contributed by atoms with Crippen LogP contribution in [0.15, 0.2) is 60.1 Å². The van der Waals surface area contributed by atoms with E-state index in [0.29, 0.717) is 52.2 Å². The third-order valence-corrected chi connectivity index (χ3v) is 6.28. The molecule has 1 aliphatic heterocycles. The minimum atomic E-state index is -0.411. The van der Waals surface area contributed by atoms with Gasteiger partial charge in [0.15, 0.2) is 28.8 Å². The molecule has 0 radical (unpaired) electrons. The summed E-state index contributed by atoms with van der Waals surface area (Å²) in [4.78, 5) is 22.1. The lowest BCUT2D eigenvalue weighted by molar-refractivity contribution is -0.114. The molecule has 9 heteroatoms. The summed E-state index contributed by atoms with van der Waals surface area (Å²) in [5.41, 5.74) is 3.72. The minimum Gasteiger partial charge on any atom is -0.497 e. The Labute approximate surface area is 208 Å². The van der Waals surface area contributed by atoms with Crippen molar-refractivity contribution in [2.45, 2.75) is 26.2 Å². The second-order valence-corrected chi connectivity index (χ2v) is 8.46. The topological polar surface area (TPSA) is 97.1 Å². The van der Waals surface area contributed by atoms with Gasteiger partial charge in [0.25, 0.3) is 0 Å². The molecule has 1 atom stereocenters. The summed E-state index contributed by atoms with van der Waals surface area (Å²) >= 11 is 0. The monoisotopic (exact) mass is 486 g/mol. The van der Waals surface area contributed by atoms with Gasteiger partial charge >= 0.3 is 0 Å². The van der Waals surface area contributed by atoms with Gasteiger partial charge in [-0.2, -0.15) is 0 Å². The molecule has 0 aliphatic carbocycles. The highest BCUT2D eigenvalue weighted by Crippen LogP contribution is 2.44. The molecule has 184 valence electrons. The second kappa shape index (κ2) is 9.33. The standard InChI is InChI=1S/C27H26N4O5/c1-15(32)23-16(2)36-27-25(24(23)18-7-9-19(33-3)10-8-18)26-29-22(30-31(26)14-28-27)13-17-6-11-20(34-4)21(12-17)35-5/h6-12,14,24H,13H2,1-5H3. The van der Waals surface area contributed by atoms with Crippen molar-refractivity contribution < 1.29 is 23.7 Å². The average molecular weight is 487 g/mol. The first-order chi connectivity index (χ1) is 17.4. The number of hydrogen-bond acceptors (Lipinski definition) is 8. The number of Topliss-reactive ketones (excluding diaryl/α,β-unsaturated/α-hetero) is 1. The van der Waals surface area contributed by atoms with Crippen molar-refractivity contribution in [1.82, 2.24) is 19.6 Å². The first-order valence-electron chi connectivity index (χ1n) is 11.4. The van der Waals surface area contributed by atoms with E-state index in [1.54, 1.807) is 46.0 Å². The smallest absolute Gasteiger partial charge is 0.228 e. The van der Waals surface area contributed by atoms with Crippen molar-refractivity contribution >= 4 is 11.4 Å². The summed E-state index contributed by atoms with van der Waals surface area (Å²) < 4.78 is 23.7. The molecule has 1 unspecified atom stereocenters. The van der Waals surface area contributed by atoms with Crippen LogP contribution in [0, 0.1) is 0 Å². The summed E-state index contributed by atoms with van der Waals surface area (Å²) in [7, 11) is 4.82. The fraction of sp³-hybridized carbons (Fsp3) is 0.259. The van der Waals surface area contributed by atoms with Crippen LogP contribution < -0.4 is 18.9 Å². The summed E-state index contributed by atoms with van der Waals surface area (Å²) in [5, 5.41) is 4.65. The number of methoxy groups -OCH3 is 3. The van der Waals surface area contributed by atoms with E-state index in [1.165, 1.54) is 0 Å². The van der Waals surface area contributed by atoms with Crippen molar-refractivity contribution in [1.29, 1.82) is 0 Å². The average Bonchev–Trinajstić information content (AvgIpc) is 3.30. The van der Waals surface area contributed by atoms with Crippen LogP contribution >= 0.6 is 0 Å². The predicted octanol–water partition coefficient (Wildman–Crippen LogP) is 4.13. The largest absolute Gasteiger partial charge is 0.497 e. The predicted molar refractivity (Wildman–Crippen MR) is 132 cm³/mol. The van der Waals surface area contributed by atoms with Crippen LogP contribution in [0.25, 0.3) is 5.65 Å². The molecule has 2 aromatic heterocycles. The number of hydrogen-bond donors (Lipinski definition) is 0. The number of benzene rings is 2. The van der Waals surface area contributed by atoms with Crippen molar-refractivity contribution in [3.63, 3.8) is 0 Å². The Morgan fingerprint density at radius 1 is 1.03 bits per heavy atom. The maximum atomic E-state index is 12.8. The summed E-state index contributed by atoms with van der Waals surface area (Å²) in [6, 6.07) is 13.3. The first-order valence-corrected chi connectivity index (χ1v) is 11.4. The van der Waals surface area contributed by atoms with E-state index in [-0.39, 0.29) is 5.78 Å². The van der Waals surface area contributed by atoms with E-state index in [2.05, 4.69) is 10.1 Å². The molecule has 9 nitrogen and oxygen atoms in total. The van der Waals surface area contributed by atoms with Gasteiger partial charge in [0.2, 0.25) is 5.88 Å². The fourth-order valence-electron chi connectivity index (χ4n) is 4.61. The summed E-state index contributed by atoms with van der Waals surface area (Å²) in [6.07, 6.45) is 2.05. The molecule has 0 fully saturated rings. The van der Waals surface area contributed by atoms with Gasteiger partial charge in [0.05, 0.1) is 26.9 Å². The molecule has 2 aromatic carbocycles. The molecule has 3 heterocycles. The molecule has 0 amide bonds. The van der Waals surface area contributed by atoms with Crippen LogP contribution in [0.5, 0.6) is 23.1 Å². The molecule has 1 aliphatic rings. The lowest BCUT2D eigenvalue weighted by Gasteiger charge is -2.28. The number of aromatic nitrogens is 4. The zero-order valence-corrected chi connectivity index (χ0v) is 20.7. The van der Waals surface area contributed by atoms with Crippen LogP contribution in [0.1, 0.15) is 42.3 Å². The van der Waals surface area contributed by atoms with Gasteiger partial charge in [0.1, 0.15) is 17.8 Å². The molecule has 0 saturated heterocycles. The SMILES string of the molecule is COc1ccc(C2C(C(C)=O)=C(C)Oc3ncn4nc(Cc5ccc(OC)c(OC)c5)nc4c32)cc1. The van der Waals surface area contributed by atoms with Gasteiger partial charge < -0.3 is 18.9 Å². The number of carbonyl (C=O) groups excluding carboxylic acids is 1. The van der Waals surface area contributed by atoms with E-state index in [9.17, 15) is 4.79 Å². The van der Waals surface area contributed by atoms with Crippen LogP contribution in [0.2, 0.25) is 0 Å². The molecule has 0 bridgehead atoms. The molecule has 0 spiro atoms. The Morgan fingerprint density at radius 3 is 2.44 bits per heavy atom. The molecule has 5 rings (SSSR count). The number of nitrogens with zero attached hydrogens (tertiary/aromatic N) is 4. The number of fused-ring (bicyclic) bond motifs is 3. The third-order valence-electron chi connectivity index (χ3n) is 6.28. The Balaban J connectivity index is 1.62. The summed E-state index contributed by atoms with van der Waals surface area (Å²) in [5.74, 6) is 3.07. The van der Waals surface area contributed by atoms with E-state index < -0.39 is 5.92 Å². The molecule has 0 saturated carbocycles. The number of allylic oxidation sites excluding steroid dienone is 2. The van der Waals surface area contributed by atoms with Gasteiger partial charge in [-0.05, 0) is 49.2 Å². The van der Waals surface area contributed by atoms with Gasteiger partial charge in [-0.15, -0.1) is 5.10 Å². The van der Waals surface area contributed by atoms with Crippen LogP contribution in [0.4, 0.5) is 0 Å². The maximum Gasteiger partial charge on any atom is 0.228 e. The maximum absolute atomic E-state index is 12.8. The number of rotatable bonds is 7. The quantitative estimate of drug-likeness (QED) is 0.385. The van der Waals surface area contributed by atoms with Crippen molar-refractivity contribution in [3.05, 3.63) is 82.6 Å². The van der Waals surface area contributed by atoms with Crippen LogP contribution in [0.3, 0.4) is 0 Å². The molecule has 0 N–H and O–H groups in total. The van der Waals surface area contributed by atoms with Crippen LogP contribution in [-0.4, -0.2) is 46.7 Å². The molecule has 36 heavy (non-hydrogen) atoms. The zero-order valence-electron chi connectivity index (χ0n) is 20.7. The van der Waals surface area contributed by atoms with Gasteiger partial charge in [-0.1, -0.05) is 18.2 Å². The van der Waals surface area contributed by atoms with E-state index in [1.807, 2.05) is 42.5 Å². The normalized spacial score (nSPS) is 14.9. The molecular formula is C27H26N4O5. The lowest BCUT2D eigenvalue weighted by atomic mass is 9.82. The van der Waals surface area contributed by atoms with Gasteiger partial charge in [0, 0.05) is 17.9 Å². The lowest BCUT2D eigenvalue weighted by Crippen LogP contribution is -2.22. The highest BCUT2D eigenvalue weighted by atomic mass is 16.5. The van der Waals surface area contributed by atoms with E-state index >= 15 is 0 Å². The Bertz CT molecular complexity index is 1490. The Kier molecular flexibility index (Phi) is 6.05. The Hall–Kier alpha value is -4.40. The Morgan fingerprint density at radius 2 is 1.78 bits per heavy atom. The number of ether oxygens (including phenoxy) is 4. The molecule has 4 aromatic rings. The highest BCUT2D eigenvalue weighted by Gasteiger charge is 2.36. The number of carbonyl (C=O) groups is 1. The van der Waals surface area contributed by atoms with Gasteiger partial charge in [-0.3, -0.25) is 4.79 Å². The van der Waals surface area contributed by atoms with Crippen molar-refractivity contribution in [2.75, 3.05) is 21.3 Å². The van der Waals surface area contributed by atoms with E-state index in [4.69, 9.17) is 23.9 Å². The van der Waals surface area contributed by atoms with Crippen molar-refractivity contribution in [2.24, 2.45) is 0 Å². The highest BCUT2D eigenvalue weighted by molar-refractivity contribution is 5.97.